The van der Waals surface area contributed by atoms with Gasteiger partial charge in [-0.05, 0) is 12.1 Å². The Morgan fingerprint density at radius 1 is 1.38 bits per heavy atom. The van der Waals surface area contributed by atoms with Crippen LogP contribution in [0.4, 0.5) is 5.69 Å². The number of nitro benzene ring substituents is 1. The number of nitrogens with zero attached hydrogens (tertiary/aromatic N) is 1. The fourth-order valence-corrected chi connectivity index (χ4v) is 2.62. The highest BCUT2D eigenvalue weighted by molar-refractivity contribution is 8.13. The minimum absolute atomic E-state index is 0.203. The molecule has 1 rings (SSSR count). The van der Waals surface area contributed by atoms with Crippen molar-refractivity contribution in [3.63, 3.8) is 0 Å². The molecule has 6 nitrogen and oxygen atoms in total. The molecule has 0 spiro atoms. The Balaban J connectivity index is 3.70. The van der Waals surface area contributed by atoms with Crippen molar-refractivity contribution in [3.05, 3.63) is 32.8 Å². The Labute approximate surface area is 99.3 Å². The molecule has 0 saturated heterocycles. The lowest BCUT2D eigenvalue weighted by molar-refractivity contribution is -0.385. The van der Waals surface area contributed by atoms with Crippen LogP contribution in [0.15, 0.2) is 17.0 Å². The number of hydrogen-bond donors (Lipinski definition) is 0. The fourth-order valence-electron chi connectivity index (χ4n) is 1.03. The second kappa shape index (κ2) is 4.36. The molecule has 0 saturated carbocycles. The zero-order valence-corrected chi connectivity index (χ0v) is 9.71. The van der Waals surface area contributed by atoms with Gasteiger partial charge in [0, 0.05) is 10.7 Å². The number of aldehydes is 1. The number of nitro groups is 1. The molecule has 0 heterocycles. The quantitative estimate of drug-likeness (QED) is 0.366. The summed E-state index contributed by atoms with van der Waals surface area (Å²) in [6.07, 6.45) is 0.203. The Bertz CT molecular complexity index is 568. The second-order valence-electron chi connectivity index (χ2n) is 2.63. The molecular formula is C7H3Cl2NO5S. The van der Waals surface area contributed by atoms with Gasteiger partial charge in [0.1, 0.15) is 9.92 Å². The molecule has 0 radical (unpaired) electrons. The third-order valence-corrected chi connectivity index (χ3v) is 3.54. The summed E-state index contributed by atoms with van der Waals surface area (Å²) in [5.74, 6) is 0. The van der Waals surface area contributed by atoms with Gasteiger partial charge >= 0.3 is 0 Å². The van der Waals surface area contributed by atoms with E-state index >= 15 is 0 Å². The highest BCUT2D eigenvalue weighted by Gasteiger charge is 2.26. The number of halogens is 2. The van der Waals surface area contributed by atoms with Crippen LogP contribution in [0.1, 0.15) is 10.4 Å². The molecule has 0 atom stereocenters. The van der Waals surface area contributed by atoms with Crippen LogP contribution in [0.5, 0.6) is 0 Å². The lowest BCUT2D eigenvalue weighted by Crippen LogP contribution is -2.00. The van der Waals surface area contributed by atoms with E-state index in [1.165, 1.54) is 0 Å². The maximum Gasteiger partial charge on any atom is 0.299 e. The lowest BCUT2D eigenvalue weighted by atomic mass is 10.2. The van der Waals surface area contributed by atoms with Gasteiger partial charge in [0.25, 0.3) is 14.7 Å². The first kappa shape index (κ1) is 12.9. The molecule has 0 aromatic heterocycles. The van der Waals surface area contributed by atoms with E-state index in [1.807, 2.05) is 0 Å². The van der Waals surface area contributed by atoms with Gasteiger partial charge in [0.2, 0.25) is 0 Å². The number of carbonyl (C=O) groups excluding carboxylic acids is 1. The van der Waals surface area contributed by atoms with Gasteiger partial charge < -0.3 is 0 Å². The standard InChI is InChI=1S/C7H3Cl2NO5S/c8-6-5(16(9,14)15)2-1-4(3-11)7(6)10(12)13/h1-3H. The van der Waals surface area contributed by atoms with Crippen molar-refractivity contribution in [1.82, 2.24) is 0 Å². The summed E-state index contributed by atoms with van der Waals surface area (Å²) in [6, 6.07) is 1.90. The second-order valence-corrected chi connectivity index (χ2v) is 5.54. The predicted molar refractivity (Wildman–Crippen MR) is 56.5 cm³/mol. The van der Waals surface area contributed by atoms with Gasteiger partial charge in [-0.15, -0.1) is 0 Å². The zero-order valence-electron chi connectivity index (χ0n) is 7.38. The molecule has 0 unspecified atom stereocenters. The highest BCUT2D eigenvalue weighted by atomic mass is 35.7. The molecule has 0 aliphatic rings. The van der Waals surface area contributed by atoms with Crippen molar-refractivity contribution in [1.29, 1.82) is 0 Å². The van der Waals surface area contributed by atoms with Gasteiger partial charge in [0.05, 0.1) is 10.5 Å². The van der Waals surface area contributed by atoms with Gasteiger partial charge in [0.15, 0.2) is 6.29 Å². The fraction of sp³-hybridized carbons (Fsp3) is 0. The van der Waals surface area contributed by atoms with Crippen molar-refractivity contribution in [3.8, 4) is 0 Å². The predicted octanol–water partition coefficient (Wildman–Crippen LogP) is 1.99. The van der Waals surface area contributed by atoms with Crippen molar-refractivity contribution >= 4 is 43.3 Å². The molecular weight excluding hydrogens is 281 g/mol. The topological polar surface area (TPSA) is 94.3 Å². The first-order valence-electron chi connectivity index (χ1n) is 3.65. The molecule has 16 heavy (non-hydrogen) atoms. The Kier molecular flexibility index (Phi) is 3.51. The number of hydrogen-bond acceptors (Lipinski definition) is 5. The molecule has 0 fully saturated rings. The summed E-state index contributed by atoms with van der Waals surface area (Å²) < 4.78 is 22.0. The molecule has 86 valence electrons. The average Bonchev–Trinajstić information content (AvgIpc) is 2.14. The van der Waals surface area contributed by atoms with Crippen molar-refractivity contribution in [2.75, 3.05) is 0 Å². The van der Waals surface area contributed by atoms with E-state index in [-0.39, 0.29) is 11.8 Å². The first-order chi connectivity index (χ1) is 7.29. The molecule has 9 heteroatoms. The minimum Gasteiger partial charge on any atom is -0.298 e. The molecule has 0 amide bonds. The molecule has 0 aliphatic carbocycles. The molecule has 0 aliphatic heterocycles. The van der Waals surface area contributed by atoms with E-state index in [9.17, 15) is 23.3 Å². The smallest absolute Gasteiger partial charge is 0.298 e. The van der Waals surface area contributed by atoms with Gasteiger partial charge in [-0.25, -0.2) is 8.42 Å². The van der Waals surface area contributed by atoms with E-state index < -0.39 is 29.6 Å². The van der Waals surface area contributed by atoms with Crippen LogP contribution < -0.4 is 0 Å². The van der Waals surface area contributed by atoms with Crippen LogP contribution in [0.25, 0.3) is 0 Å². The number of rotatable bonds is 3. The average molecular weight is 284 g/mol. The molecule has 0 bridgehead atoms. The van der Waals surface area contributed by atoms with E-state index in [0.29, 0.717) is 0 Å². The summed E-state index contributed by atoms with van der Waals surface area (Å²) in [4.78, 5) is 19.6. The van der Waals surface area contributed by atoms with Gasteiger partial charge in [-0.3, -0.25) is 14.9 Å². The third kappa shape index (κ3) is 2.31. The van der Waals surface area contributed by atoms with E-state index in [2.05, 4.69) is 0 Å². The largest absolute Gasteiger partial charge is 0.299 e. The van der Waals surface area contributed by atoms with Gasteiger partial charge in [-0.1, -0.05) is 11.6 Å². The SMILES string of the molecule is O=Cc1ccc(S(=O)(=O)Cl)c(Cl)c1[N+](=O)[O-]. The summed E-state index contributed by atoms with van der Waals surface area (Å²) >= 11 is 5.51. The summed E-state index contributed by atoms with van der Waals surface area (Å²) in [5.41, 5.74) is -1.10. The lowest BCUT2D eigenvalue weighted by Gasteiger charge is -2.02. The van der Waals surface area contributed by atoms with E-state index in [0.717, 1.165) is 12.1 Å². The third-order valence-electron chi connectivity index (χ3n) is 1.68. The molecule has 0 N–H and O–H groups in total. The summed E-state index contributed by atoms with van der Waals surface area (Å²) in [6.45, 7) is 0. The zero-order chi connectivity index (χ0) is 12.5. The van der Waals surface area contributed by atoms with Crippen molar-refractivity contribution < 1.29 is 18.1 Å². The van der Waals surface area contributed by atoms with Crippen molar-refractivity contribution in [2.24, 2.45) is 0 Å². The maximum atomic E-state index is 11.0. The van der Waals surface area contributed by atoms with Crippen LogP contribution in [-0.2, 0) is 9.05 Å². The van der Waals surface area contributed by atoms with E-state index in [1.54, 1.807) is 0 Å². The van der Waals surface area contributed by atoms with Gasteiger partial charge in [-0.2, -0.15) is 0 Å². The first-order valence-corrected chi connectivity index (χ1v) is 6.34. The Hall–Kier alpha value is -1.18. The van der Waals surface area contributed by atoms with Crippen LogP contribution in [0, 0.1) is 10.1 Å². The molecule has 1 aromatic rings. The van der Waals surface area contributed by atoms with Crippen LogP contribution in [0.3, 0.4) is 0 Å². The number of carbonyl (C=O) groups is 1. The summed E-state index contributed by atoms with van der Waals surface area (Å²) in [5, 5.41) is 9.93. The summed E-state index contributed by atoms with van der Waals surface area (Å²) in [7, 11) is 0.818. The van der Waals surface area contributed by atoms with Crippen molar-refractivity contribution in [2.45, 2.75) is 4.90 Å². The maximum absolute atomic E-state index is 11.0. The number of benzene rings is 1. The Morgan fingerprint density at radius 2 is 1.94 bits per heavy atom. The van der Waals surface area contributed by atoms with Crippen LogP contribution in [0.2, 0.25) is 5.02 Å². The highest BCUT2D eigenvalue weighted by Crippen LogP contribution is 2.35. The monoisotopic (exact) mass is 283 g/mol. The normalized spacial score (nSPS) is 11.1. The minimum atomic E-state index is -4.19. The molecule has 1 aromatic carbocycles. The Morgan fingerprint density at radius 3 is 2.31 bits per heavy atom. The van der Waals surface area contributed by atoms with E-state index in [4.69, 9.17) is 22.3 Å². The van der Waals surface area contributed by atoms with Crippen LogP contribution in [-0.4, -0.2) is 19.6 Å². The van der Waals surface area contributed by atoms with Crippen LogP contribution >= 0.6 is 22.3 Å².